The summed E-state index contributed by atoms with van der Waals surface area (Å²) in [5.41, 5.74) is 2.30. The summed E-state index contributed by atoms with van der Waals surface area (Å²) in [5, 5.41) is 4.49. The van der Waals surface area contributed by atoms with Crippen LogP contribution in [0.2, 0.25) is 0 Å². The monoisotopic (exact) mass is 346 g/mol. The quantitative estimate of drug-likeness (QED) is 0.768. The number of carbonyl (C=O) groups excluding carboxylic acids is 2. The number of Topliss-reactive ketones (excluding diaryl/α,β-unsaturated/α-hetero) is 1. The summed E-state index contributed by atoms with van der Waals surface area (Å²) in [4.78, 5) is 28.8. The van der Waals surface area contributed by atoms with E-state index in [1.54, 1.807) is 6.92 Å². The molecule has 2 fully saturated rings. The Kier molecular flexibility index (Phi) is 5.27. The number of hydrogen-bond donors (Lipinski definition) is 0. The van der Waals surface area contributed by atoms with Gasteiger partial charge < -0.3 is 4.90 Å². The van der Waals surface area contributed by atoms with Crippen LogP contribution in [0, 0.1) is 13.8 Å². The third kappa shape index (κ3) is 3.64. The van der Waals surface area contributed by atoms with Gasteiger partial charge in [-0.05, 0) is 53.6 Å². The van der Waals surface area contributed by atoms with E-state index in [1.165, 1.54) is 32.4 Å². The molecule has 1 aromatic heterocycles. The molecule has 1 atom stereocenters. The Morgan fingerprint density at radius 1 is 1.16 bits per heavy atom. The molecular formula is C19H30N4O2. The summed E-state index contributed by atoms with van der Waals surface area (Å²) < 4.78 is 1.84. The Bertz CT molecular complexity index is 655. The van der Waals surface area contributed by atoms with E-state index >= 15 is 0 Å². The summed E-state index contributed by atoms with van der Waals surface area (Å²) in [6.45, 7) is 11.4. The highest BCUT2D eigenvalue weighted by Crippen LogP contribution is 2.24. The van der Waals surface area contributed by atoms with E-state index in [4.69, 9.17) is 0 Å². The van der Waals surface area contributed by atoms with Gasteiger partial charge in [0.05, 0.1) is 17.3 Å². The van der Waals surface area contributed by atoms with Gasteiger partial charge >= 0.3 is 0 Å². The van der Waals surface area contributed by atoms with Gasteiger partial charge in [-0.1, -0.05) is 6.42 Å². The van der Waals surface area contributed by atoms with E-state index in [-0.39, 0.29) is 17.7 Å². The van der Waals surface area contributed by atoms with Crippen LogP contribution in [0.4, 0.5) is 0 Å². The number of amides is 1. The molecule has 0 radical (unpaired) electrons. The van der Waals surface area contributed by atoms with Crippen LogP contribution in [-0.2, 0) is 4.79 Å². The zero-order valence-electron chi connectivity index (χ0n) is 15.9. The van der Waals surface area contributed by atoms with Crippen molar-refractivity contribution in [1.82, 2.24) is 19.6 Å². The Labute approximate surface area is 150 Å². The minimum atomic E-state index is -0.0339. The van der Waals surface area contributed by atoms with Crippen molar-refractivity contribution in [2.45, 2.75) is 65.5 Å². The Morgan fingerprint density at radius 3 is 2.36 bits per heavy atom. The first-order chi connectivity index (χ1) is 11.9. The Morgan fingerprint density at radius 2 is 1.80 bits per heavy atom. The average molecular weight is 346 g/mol. The highest BCUT2D eigenvalue weighted by atomic mass is 16.2. The number of aromatic nitrogens is 2. The number of nitrogens with zero attached hydrogens (tertiary/aromatic N) is 4. The van der Waals surface area contributed by atoms with Gasteiger partial charge in [-0.15, -0.1) is 0 Å². The van der Waals surface area contributed by atoms with Crippen molar-refractivity contribution in [1.29, 1.82) is 0 Å². The van der Waals surface area contributed by atoms with Crippen LogP contribution in [0.1, 0.15) is 67.3 Å². The second kappa shape index (κ2) is 7.28. The molecule has 0 spiro atoms. The zero-order valence-corrected chi connectivity index (χ0v) is 15.9. The van der Waals surface area contributed by atoms with Crippen molar-refractivity contribution in [2.75, 3.05) is 26.2 Å². The van der Waals surface area contributed by atoms with E-state index in [2.05, 4.69) is 10.00 Å². The average Bonchev–Trinajstić information content (AvgIpc) is 2.81. The van der Waals surface area contributed by atoms with Crippen LogP contribution in [0.15, 0.2) is 0 Å². The van der Waals surface area contributed by atoms with Gasteiger partial charge in [0.15, 0.2) is 5.78 Å². The Hall–Kier alpha value is -1.69. The van der Waals surface area contributed by atoms with Crippen molar-refractivity contribution >= 4 is 11.7 Å². The summed E-state index contributed by atoms with van der Waals surface area (Å²) in [5.74, 6) is 0.226. The fraction of sp³-hybridized carbons (Fsp3) is 0.737. The van der Waals surface area contributed by atoms with Crippen molar-refractivity contribution in [3.8, 4) is 0 Å². The fourth-order valence-electron chi connectivity index (χ4n) is 4.24. The first kappa shape index (κ1) is 18.1. The van der Waals surface area contributed by atoms with E-state index in [0.29, 0.717) is 18.0 Å². The molecule has 138 valence electrons. The molecule has 2 aliphatic rings. The molecule has 6 heteroatoms. The molecule has 0 aromatic carbocycles. The first-order valence-electron chi connectivity index (χ1n) is 9.47. The van der Waals surface area contributed by atoms with Crippen LogP contribution < -0.4 is 0 Å². The molecule has 25 heavy (non-hydrogen) atoms. The third-order valence-electron chi connectivity index (χ3n) is 5.69. The smallest absolute Gasteiger partial charge is 0.224 e. The fourth-order valence-corrected chi connectivity index (χ4v) is 4.24. The summed E-state index contributed by atoms with van der Waals surface area (Å²) in [6, 6.07) is 0.519. The van der Waals surface area contributed by atoms with E-state index in [9.17, 15) is 9.59 Å². The lowest BCUT2D eigenvalue weighted by Gasteiger charge is -2.47. The van der Waals surface area contributed by atoms with Gasteiger partial charge in [0.1, 0.15) is 0 Å². The first-order valence-corrected chi connectivity index (χ1v) is 9.47. The molecular weight excluding hydrogens is 316 g/mol. The van der Waals surface area contributed by atoms with Crippen molar-refractivity contribution in [3.05, 3.63) is 17.0 Å². The molecule has 1 amide bonds. The number of likely N-dealkylation sites (tertiary alicyclic amines) is 2. The highest BCUT2D eigenvalue weighted by Gasteiger charge is 2.35. The second-order valence-electron chi connectivity index (χ2n) is 7.65. The van der Waals surface area contributed by atoms with E-state index in [0.717, 1.165) is 24.5 Å². The minimum absolute atomic E-state index is 0.0339. The lowest BCUT2D eigenvalue weighted by molar-refractivity contribution is -0.139. The molecule has 1 aromatic rings. The van der Waals surface area contributed by atoms with Crippen molar-refractivity contribution < 1.29 is 9.59 Å². The maximum atomic E-state index is 12.6. The predicted octanol–water partition coefficient (Wildman–Crippen LogP) is 2.35. The van der Waals surface area contributed by atoms with Gasteiger partial charge in [0, 0.05) is 31.2 Å². The third-order valence-corrected chi connectivity index (χ3v) is 5.69. The van der Waals surface area contributed by atoms with Crippen molar-refractivity contribution in [2.24, 2.45) is 0 Å². The van der Waals surface area contributed by atoms with Crippen LogP contribution in [0.3, 0.4) is 0 Å². The van der Waals surface area contributed by atoms with Crippen LogP contribution in [0.5, 0.6) is 0 Å². The van der Waals surface area contributed by atoms with Crippen LogP contribution in [0.25, 0.3) is 0 Å². The normalized spacial score (nSPS) is 20.4. The van der Waals surface area contributed by atoms with Gasteiger partial charge in [-0.2, -0.15) is 5.10 Å². The van der Waals surface area contributed by atoms with E-state index < -0.39 is 0 Å². The predicted molar refractivity (Wildman–Crippen MR) is 96.8 cm³/mol. The van der Waals surface area contributed by atoms with Gasteiger partial charge in [-0.25, -0.2) is 0 Å². The van der Waals surface area contributed by atoms with Gasteiger partial charge in [0.25, 0.3) is 0 Å². The van der Waals surface area contributed by atoms with Crippen molar-refractivity contribution in [3.63, 3.8) is 0 Å². The number of aryl methyl sites for hydroxylation is 1. The number of ketones is 1. The zero-order chi connectivity index (χ0) is 18.1. The number of rotatable bonds is 5. The molecule has 3 heterocycles. The maximum Gasteiger partial charge on any atom is 0.224 e. The van der Waals surface area contributed by atoms with Crippen LogP contribution in [-0.4, -0.2) is 63.5 Å². The van der Waals surface area contributed by atoms with Gasteiger partial charge in [0.2, 0.25) is 5.91 Å². The minimum Gasteiger partial charge on any atom is -0.339 e. The molecule has 0 unspecified atom stereocenters. The summed E-state index contributed by atoms with van der Waals surface area (Å²) in [7, 11) is 0. The SMILES string of the molecule is CC(=O)c1c(C)nn([C@H](C)CC(=O)N2CC(N3CCCCC3)C2)c1C. The van der Waals surface area contributed by atoms with E-state index in [1.807, 2.05) is 30.4 Å². The Balaban J connectivity index is 1.55. The molecule has 6 nitrogen and oxygen atoms in total. The lowest BCUT2D eigenvalue weighted by atomic mass is 10.0. The standard InChI is InChI=1S/C19H30N4O2/c1-13(23-15(3)19(16(4)24)14(2)20-23)10-18(25)22-11-17(12-22)21-8-6-5-7-9-21/h13,17H,5-12H2,1-4H3/t13-/m1/s1. The molecule has 2 aliphatic heterocycles. The maximum absolute atomic E-state index is 12.6. The van der Waals surface area contributed by atoms with Gasteiger partial charge in [-0.3, -0.25) is 19.2 Å². The molecule has 0 saturated carbocycles. The molecule has 0 N–H and O–H groups in total. The molecule has 2 saturated heterocycles. The highest BCUT2D eigenvalue weighted by molar-refractivity contribution is 5.96. The molecule has 0 aliphatic carbocycles. The number of carbonyl (C=O) groups is 2. The summed E-state index contributed by atoms with van der Waals surface area (Å²) in [6.07, 6.45) is 4.36. The molecule has 3 rings (SSSR count). The summed E-state index contributed by atoms with van der Waals surface area (Å²) >= 11 is 0. The topological polar surface area (TPSA) is 58.4 Å². The largest absolute Gasteiger partial charge is 0.339 e. The lowest BCUT2D eigenvalue weighted by Crippen LogP contribution is -2.61. The molecule has 0 bridgehead atoms. The second-order valence-corrected chi connectivity index (χ2v) is 7.65. The number of hydrogen-bond acceptors (Lipinski definition) is 4. The van der Waals surface area contributed by atoms with Crippen LogP contribution >= 0.6 is 0 Å². The number of piperidine rings is 1.